The van der Waals surface area contributed by atoms with Gasteiger partial charge >= 0.3 is 5.97 Å². The fourth-order valence-corrected chi connectivity index (χ4v) is 3.59. The molecule has 4 rings (SSSR count). The van der Waals surface area contributed by atoms with E-state index in [1.165, 1.54) is 0 Å². The molecule has 0 amide bonds. The fraction of sp³-hybridized carbons (Fsp3) is 0.227. The number of aryl methyl sites for hydroxylation is 1. The first-order valence-electron chi connectivity index (χ1n) is 10.1. The van der Waals surface area contributed by atoms with Crippen molar-refractivity contribution in [2.75, 3.05) is 0 Å². The Bertz CT molecular complexity index is 1190. The van der Waals surface area contributed by atoms with Crippen LogP contribution in [0.1, 0.15) is 41.9 Å². The zero-order chi connectivity index (χ0) is 22.5. The first-order valence-corrected chi connectivity index (χ1v) is 10.4. The number of imidazole rings is 1. The summed E-state index contributed by atoms with van der Waals surface area (Å²) >= 11 is 6.11. The van der Waals surface area contributed by atoms with Crippen molar-refractivity contribution in [2.45, 2.75) is 32.3 Å². The number of ether oxygens (including phenoxy) is 1. The second-order valence-electron chi connectivity index (χ2n) is 7.20. The van der Waals surface area contributed by atoms with Gasteiger partial charge in [-0.25, -0.2) is 4.98 Å². The highest BCUT2D eigenvalue weighted by atomic mass is 35.5. The maximum atomic E-state index is 11.9. The van der Waals surface area contributed by atoms with E-state index in [1.807, 2.05) is 13.0 Å². The molecule has 2 heterocycles. The zero-order valence-corrected chi connectivity index (χ0v) is 18.0. The molecule has 1 atom stereocenters. The summed E-state index contributed by atoms with van der Waals surface area (Å²) < 4.78 is 5.91. The number of nitrogens with one attached hydrogen (secondary N) is 2. The van der Waals surface area contributed by atoms with Crippen molar-refractivity contribution >= 4 is 17.6 Å². The molecule has 2 aromatic heterocycles. The van der Waals surface area contributed by atoms with Crippen LogP contribution in [0.3, 0.4) is 0 Å². The highest BCUT2D eigenvalue weighted by Gasteiger charge is 2.24. The molecule has 10 heteroatoms. The number of aliphatic carboxylic acids is 1. The molecule has 1 unspecified atom stereocenters. The van der Waals surface area contributed by atoms with Crippen LogP contribution in [0.25, 0.3) is 11.4 Å². The van der Waals surface area contributed by atoms with Crippen LogP contribution in [0.15, 0.2) is 48.7 Å². The maximum Gasteiger partial charge on any atom is 0.317 e. The third-order valence-electron chi connectivity index (χ3n) is 4.96. The lowest BCUT2D eigenvalue weighted by atomic mass is 9.96. The Morgan fingerprint density at radius 3 is 2.72 bits per heavy atom. The van der Waals surface area contributed by atoms with Gasteiger partial charge in [0.25, 0.3) is 0 Å². The minimum absolute atomic E-state index is 0.254. The minimum Gasteiger partial charge on any atom is -0.489 e. The van der Waals surface area contributed by atoms with Gasteiger partial charge in [0, 0.05) is 28.8 Å². The number of carboxylic acids is 1. The zero-order valence-electron chi connectivity index (χ0n) is 17.2. The Balaban J connectivity index is 1.50. The Hall–Kier alpha value is -3.72. The van der Waals surface area contributed by atoms with E-state index >= 15 is 0 Å². The predicted molar refractivity (Wildman–Crippen MR) is 117 cm³/mol. The summed E-state index contributed by atoms with van der Waals surface area (Å²) in [5.41, 5.74) is 2.75. The number of carbonyl (C=O) groups is 1. The molecule has 164 valence electrons. The van der Waals surface area contributed by atoms with Gasteiger partial charge in [0.15, 0.2) is 0 Å². The van der Waals surface area contributed by atoms with Crippen LogP contribution in [0.4, 0.5) is 0 Å². The quantitative estimate of drug-likeness (QED) is 0.350. The number of nitrogens with zero attached hydrogens (tertiary/aromatic N) is 4. The van der Waals surface area contributed by atoms with Crippen molar-refractivity contribution in [3.05, 3.63) is 76.3 Å². The van der Waals surface area contributed by atoms with Crippen molar-refractivity contribution in [3.63, 3.8) is 0 Å². The van der Waals surface area contributed by atoms with E-state index in [0.29, 0.717) is 27.9 Å². The molecule has 0 spiro atoms. The lowest BCUT2D eigenvalue weighted by molar-refractivity contribution is -0.137. The molecule has 0 saturated carbocycles. The number of carboxylic acid groups (broad SMARTS) is 1. The maximum absolute atomic E-state index is 11.9. The van der Waals surface area contributed by atoms with Crippen molar-refractivity contribution in [2.24, 2.45) is 0 Å². The monoisotopic (exact) mass is 452 g/mol. The van der Waals surface area contributed by atoms with Gasteiger partial charge in [-0.15, -0.1) is 10.2 Å². The number of H-pyrrole nitrogens is 2. The summed E-state index contributed by atoms with van der Waals surface area (Å²) in [6.07, 6.45) is 3.29. The van der Waals surface area contributed by atoms with E-state index in [1.54, 1.807) is 42.6 Å². The van der Waals surface area contributed by atoms with Gasteiger partial charge in [-0.05, 0) is 41.5 Å². The van der Waals surface area contributed by atoms with Crippen LogP contribution in [0.2, 0.25) is 5.02 Å². The molecule has 0 aliphatic rings. The summed E-state index contributed by atoms with van der Waals surface area (Å²) in [5.74, 6) is 0.0320. The van der Waals surface area contributed by atoms with E-state index in [2.05, 4.69) is 30.6 Å². The Labute approximate surface area is 188 Å². The first kappa shape index (κ1) is 21.5. The Kier molecular flexibility index (Phi) is 6.46. The molecule has 4 aromatic rings. The standard InChI is InChI=1S/C22H21ClN6O3/c1-2-3-19-24-11-18(25-19)20(22(30)31)13-5-8-16(9-6-13)32-12-14-4-7-15(23)10-17(14)21-26-28-29-27-21/h4-11,20H,2-3,12H2,1H3,(H,24,25)(H,30,31)(H,26,27,28,29). The molecule has 3 N–H and O–H groups in total. The van der Waals surface area contributed by atoms with Crippen molar-refractivity contribution in [1.82, 2.24) is 30.6 Å². The number of hydrogen-bond acceptors (Lipinski definition) is 6. The molecule has 0 bridgehead atoms. The number of hydrogen-bond donors (Lipinski definition) is 3. The van der Waals surface area contributed by atoms with Gasteiger partial charge in [-0.1, -0.05) is 36.7 Å². The summed E-state index contributed by atoms with van der Waals surface area (Å²) in [6, 6.07) is 12.4. The second-order valence-corrected chi connectivity index (χ2v) is 7.64. The third kappa shape index (κ3) is 4.78. The summed E-state index contributed by atoms with van der Waals surface area (Å²) in [4.78, 5) is 19.3. The van der Waals surface area contributed by atoms with Crippen LogP contribution < -0.4 is 4.74 Å². The minimum atomic E-state index is -0.948. The molecule has 9 nitrogen and oxygen atoms in total. The van der Waals surface area contributed by atoms with E-state index < -0.39 is 11.9 Å². The molecule has 0 saturated heterocycles. The van der Waals surface area contributed by atoms with Gasteiger partial charge in [-0.3, -0.25) is 4.79 Å². The summed E-state index contributed by atoms with van der Waals surface area (Å²) in [5, 5.41) is 24.4. The second kappa shape index (κ2) is 9.61. The van der Waals surface area contributed by atoms with E-state index in [-0.39, 0.29) is 6.61 Å². The van der Waals surface area contributed by atoms with Crippen LogP contribution in [-0.4, -0.2) is 41.7 Å². The van der Waals surface area contributed by atoms with Gasteiger partial charge in [0.2, 0.25) is 5.82 Å². The van der Waals surface area contributed by atoms with Gasteiger partial charge in [-0.2, -0.15) is 5.21 Å². The normalized spacial score (nSPS) is 11.9. The Morgan fingerprint density at radius 1 is 1.22 bits per heavy atom. The number of rotatable bonds is 9. The topological polar surface area (TPSA) is 130 Å². The molecule has 0 aliphatic heterocycles. The molecular formula is C22H21ClN6O3. The first-order chi connectivity index (χ1) is 15.5. The molecule has 0 radical (unpaired) electrons. The smallest absolute Gasteiger partial charge is 0.317 e. The largest absolute Gasteiger partial charge is 0.489 e. The number of aromatic nitrogens is 6. The number of benzene rings is 2. The molecule has 0 aliphatic carbocycles. The molecule has 2 aromatic carbocycles. The lowest BCUT2D eigenvalue weighted by Gasteiger charge is -2.13. The predicted octanol–water partition coefficient (Wildman–Crippen LogP) is 3.99. The van der Waals surface area contributed by atoms with Gasteiger partial charge in [0.1, 0.15) is 24.1 Å². The number of halogens is 1. The van der Waals surface area contributed by atoms with E-state index in [9.17, 15) is 9.90 Å². The van der Waals surface area contributed by atoms with Crippen LogP contribution in [0.5, 0.6) is 5.75 Å². The average Bonchev–Trinajstić information content (AvgIpc) is 3.47. The van der Waals surface area contributed by atoms with Gasteiger partial charge in [0.05, 0.1) is 5.69 Å². The fourth-order valence-electron chi connectivity index (χ4n) is 3.42. The molecule has 32 heavy (non-hydrogen) atoms. The lowest BCUT2D eigenvalue weighted by Crippen LogP contribution is -2.13. The average molecular weight is 453 g/mol. The third-order valence-corrected chi connectivity index (χ3v) is 5.19. The molecule has 0 fully saturated rings. The molecular weight excluding hydrogens is 432 g/mol. The van der Waals surface area contributed by atoms with Crippen LogP contribution >= 0.6 is 11.6 Å². The van der Waals surface area contributed by atoms with Crippen molar-refractivity contribution in [3.8, 4) is 17.1 Å². The summed E-state index contributed by atoms with van der Waals surface area (Å²) in [7, 11) is 0. The SMILES string of the molecule is CCCc1ncc(C(C(=O)O)c2ccc(OCc3ccc(Cl)cc3-c3nn[nH]n3)cc2)[nH]1. The van der Waals surface area contributed by atoms with Crippen LogP contribution in [-0.2, 0) is 17.8 Å². The van der Waals surface area contributed by atoms with E-state index in [0.717, 1.165) is 29.8 Å². The van der Waals surface area contributed by atoms with Crippen molar-refractivity contribution < 1.29 is 14.6 Å². The summed E-state index contributed by atoms with van der Waals surface area (Å²) in [6.45, 7) is 2.30. The highest BCUT2D eigenvalue weighted by Crippen LogP contribution is 2.28. The van der Waals surface area contributed by atoms with E-state index in [4.69, 9.17) is 16.3 Å². The highest BCUT2D eigenvalue weighted by molar-refractivity contribution is 6.30. The van der Waals surface area contributed by atoms with Crippen molar-refractivity contribution in [1.29, 1.82) is 0 Å². The Morgan fingerprint density at radius 2 is 2.03 bits per heavy atom. The number of aromatic amines is 2. The van der Waals surface area contributed by atoms with Gasteiger partial charge < -0.3 is 14.8 Å². The van der Waals surface area contributed by atoms with Crippen LogP contribution in [0, 0.1) is 0 Å². The number of tetrazole rings is 1.